The van der Waals surface area contributed by atoms with Crippen molar-refractivity contribution in [1.29, 1.82) is 0 Å². The number of amides is 1. The molecule has 102 valence electrons. The average molecular weight is 355 g/mol. The van der Waals surface area contributed by atoms with E-state index < -0.39 is 10.0 Å². The van der Waals surface area contributed by atoms with Crippen molar-refractivity contribution in [3.8, 4) is 0 Å². The van der Waals surface area contributed by atoms with E-state index in [4.69, 9.17) is 0 Å². The van der Waals surface area contributed by atoms with Crippen molar-refractivity contribution in [1.82, 2.24) is 10.0 Å². The summed E-state index contributed by atoms with van der Waals surface area (Å²) in [5, 5.41) is 4.38. The molecule has 18 heavy (non-hydrogen) atoms. The Morgan fingerprint density at radius 1 is 1.50 bits per heavy atom. The molecule has 0 bridgehead atoms. The van der Waals surface area contributed by atoms with Crippen LogP contribution in [-0.2, 0) is 14.8 Å². The van der Waals surface area contributed by atoms with Crippen molar-refractivity contribution in [2.75, 3.05) is 6.54 Å². The lowest BCUT2D eigenvalue weighted by atomic mass is 10.3. The summed E-state index contributed by atoms with van der Waals surface area (Å²) in [6, 6.07) is 1.73. The molecule has 1 heterocycles. The molecule has 0 radical (unpaired) electrons. The van der Waals surface area contributed by atoms with Crippen LogP contribution in [0.2, 0.25) is 0 Å². The molecule has 0 aliphatic rings. The Hall–Kier alpha value is -0.440. The molecular formula is C10H15BrN2O3S2. The van der Waals surface area contributed by atoms with Crippen LogP contribution in [0.25, 0.3) is 0 Å². The molecule has 0 aromatic carbocycles. The summed E-state index contributed by atoms with van der Waals surface area (Å²) >= 11 is 4.30. The van der Waals surface area contributed by atoms with Crippen molar-refractivity contribution >= 4 is 43.2 Å². The fourth-order valence-electron chi connectivity index (χ4n) is 1.23. The highest BCUT2D eigenvalue weighted by atomic mass is 79.9. The molecule has 0 saturated carbocycles. The predicted molar refractivity (Wildman–Crippen MR) is 75.1 cm³/mol. The zero-order valence-corrected chi connectivity index (χ0v) is 13.3. The molecule has 0 spiro atoms. The van der Waals surface area contributed by atoms with Crippen LogP contribution in [0, 0.1) is 0 Å². The van der Waals surface area contributed by atoms with Gasteiger partial charge in [0.1, 0.15) is 4.21 Å². The number of nitrogens with one attached hydrogen (secondary N) is 2. The first-order chi connectivity index (χ1) is 8.33. The molecule has 1 aromatic rings. The van der Waals surface area contributed by atoms with Gasteiger partial charge in [0.05, 0.1) is 0 Å². The molecule has 5 nitrogen and oxygen atoms in total. The maximum atomic E-state index is 11.9. The van der Waals surface area contributed by atoms with Crippen LogP contribution in [0.1, 0.15) is 20.3 Å². The van der Waals surface area contributed by atoms with Crippen molar-refractivity contribution in [3.63, 3.8) is 0 Å². The number of carbonyl (C=O) groups is 1. The molecule has 0 unspecified atom stereocenters. The first-order valence-electron chi connectivity index (χ1n) is 5.35. The number of halogens is 1. The van der Waals surface area contributed by atoms with Crippen LogP contribution in [0.15, 0.2) is 20.1 Å². The minimum Gasteiger partial charge on any atom is -0.354 e. The number of thiophene rings is 1. The van der Waals surface area contributed by atoms with Gasteiger partial charge in [-0.3, -0.25) is 4.79 Å². The fraction of sp³-hybridized carbons (Fsp3) is 0.500. The Bertz CT molecular complexity index is 511. The number of hydrogen-bond donors (Lipinski definition) is 2. The molecule has 0 fully saturated rings. The van der Waals surface area contributed by atoms with Gasteiger partial charge in [0.2, 0.25) is 5.91 Å². The van der Waals surface area contributed by atoms with Gasteiger partial charge in [-0.25, -0.2) is 13.1 Å². The summed E-state index contributed by atoms with van der Waals surface area (Å²) in [6.07, 6.45) is 0.125. The van der Waals surface area contributed by atoms with E-state index >= 15 is 0 Å². The first kappa shape index (κ1) is 15.6. The molecule has 0 saturated heterocycles. The number of carbonyl (C=O) groups excluding carboxylic acids is 1. The lowest BCUT2D eigenvalue weighted by Crippen LogP contribution is -2.34. The van der Waals surface area contributed by atoms with E-state index in [0.717, 1.165) is 11.3 Å². The van der Waals surface area contributed by atoms with E-state index in [1.54, 1.807) is 11.4 Å². The van der Waals surface area contributed by atoms with Gasteiger partial charge in [0.15, 0.2) is 0 Å². The third kappa shape index (κ3) is 4.68. The van der Waals surface area contributed by atoms with E-state index in [0.29, 0.717) is 4.47 Å². The first-order valence-corrected chi connectivity index (χ1v) is 8.50. The smallest absolute Gasteiger partial charge is 0.251 e. The van der Waals surface area contributed by atoms with Crippen LogP contribution in [0.4, 0.5) is 0 Å². The SMILES string of the molecule is CC(C)NC(=O)CCNS(=O)(=O)c1sccc1Br. The van der Waals surface area contributed by atoms with Crippen molar-refractivity contribution in [2.24, 2.45) is 0 Å². The van der Waals surface area contributed by atoms with E-state index in [1.807, 2.05) is 13.8 Å². The molecule has 0 aliphatic carbocycles. The molecule has 0 atom stereocenters. The largest absolute Gasteiger partial charge is 0.354 e. The van der Waals surface area contributed by atoms with Gasteiger partial charge >= 0.3 is 0 Å². The minimum atomic E-state index is -3.53. The summed E-state index contributed by atoms with van der Waals surface area (Å²) < 4.78 is 26.9. The topological polar surface area (TPSA) is 75.3 Å². The molecule has 1 rings (SSSR count). The summed E-state index contributed by atoms with van der Waals surface area (Å²) in [4.78, 5) is 11.3. The second-order valence-electron chi connectivity index (χ2n) is 3.93. The fourth-order valence-corrected chi connectivity index (χ4v) is 4.64. The summed E-state index contributed by atoms with van der Waals surface area (Å²) in [6.45, 7) is 3.79. The molecule has 1 aromatic heterocycles. The third-order valence-electron chi connectivity index (χ3n) is 1.92. The van der Waals surface area contributed by atoms with Crippen LogP contribution in [0.5, 0.6) is 0 Å². The van der Waals surface area contributed by atoms with E-state index in [9.17, 15) is 13.2 Å². The zero-order chi connectivity index (χ0) is 13.8. The van der Waals surface area contributed by atoms with Gasteiger partial charge in [0, 0.05) is 23.5 Å². The van der Waals surface area contributed by atoms with Crippen molar-refractivity contribution in [3.05, 3.63) is 15.9 Å². The lowest BCUT2D eigenvalue weighted by molar-refractivity contribution is -0.121. The predicted octanol–water partition coefficient (Wildman–Crippen LogP) is 1.70. The van der Waals surface area contributed by atoms with Crippen LogP contribution >= 0.6 is 27.3 Å². The van der Waals surface area contributed by atoms with Crippen LogP contribution in [0.3, 0.4) is 0 Å². The number of hydrogen-bond acceptors (Lipinski definition) is 4. The minimum absolute atomic E-state index is 0.0561. The van der Waals surface area contributed by atoms with Gasteiger partial charge in [-0.05, 0) is 41.2 Å². The highest BCUT2D eigenvalue weighted by molar-refractivity contribution is 9.10. The van der Waals surface area contributed by atoms with E-state index in [1.165, 1.54) is 0 Å². The molecule has 1 amide bonds. The van der Waals surface area contributed by atoms with E-state index in [2.05, 4.69) is 26.0 Å². The number of rotatable bonds is 6. The molecule has 8 heteroatoms. The Kier molecular flexibility index (Phi) is 5.77. The molecule has 2 N–H and O–H groups in total. The Labute approximate surface area is 119 Å². The lowest BCUT2D eigenvalue weighted by Gasteiger charge is -2.08. The monoisotopic (exact) mass is 354 g/mol. The van der Waals surface area contributed by atoms with Crippen LogP contribution < -0.4 is 10.0 Å². The second-order valence-corrected chi connectivity index (χ2v) is 7.66. The standard InChI is InChI=1S/C10H15BrN2O3S2/c1-7(2)13-9(14)3-5-12-18(15,16)10-8(11)4-6-17-10/h4,6-7,12H,3,5H2,1-2H3,(H,13,14). The number of sulfonamides is 1. The van der Waals surface area contributed by atoms with E-state index in [-0.39, 0.29) is 29.1 Å². The van der Waals surface area contributed by atoms with Gasteiger partial charge < -0.3 is 5.32 Å². The Morgan fingerprint density at radius 2 is 2.17 bits per heavy atom. The van der Waals surface area contributed by atoms with Gasteiger partial charge in [0.25, 0.3) is 10.0 Å². The summed E-state index contributed by atoms with van der Waals surface area (Å²) in [5.74, 6) is -0.169. The van der Waals surface area contributed by atoms with Crippen molar-refractivity contribution < 1.29 is 13.2 Å². The summed E-state index contributed by atoms with van der Waals surface area (Å²) in [5.41, 5.74) is 0. The Balaban J connectivity index is 2.49. The van der Waals surface area contributed by atoms with Gasteiger partial charge in [-0.2, -0.15) is 0 Å². The zero-order valence-electron chi connectivity index (χ0n) is 10.1. The Morgan fingerprint density at radius 3 is 2.67 bits per heavy atom. The maximum absolute atomic E-state index is 11.9. The van der Waals surface area contributed by atoms with Gasteiger partial charge in [-0.15, -0.1) is 11.3 Å². The summed E-state index contributed by atoms with van der Waals surface area (Å²) in [7, 11) is -3.53. The highest BCUT2D eigenvalue weighted by Crippen LogP contribution is 2.27. The molecule has 0 aliphatic heterocycles. The average Bonchev–Trinajstić information content (AvgIpc) is 2.63. The quantitative estimate of drug-likeness (QED) is 0.816. The highest BCUT2D eigenvalue weighted by Gasteiger charge is 2.18. The van der Waals surface area contributed by atoms with Crippen molar-refractivity contribution in [2.45, 2.75) is 30.5 Å². The second kappa shape index (κ2) is 6.65. The van der Waals surface area contributed by atoms with Crippen LogP contribution in [-0.4, -0.2) is 26.9 Å². The molecular weight excluding hydrogens is 340 g/mol. The normalized spacial score (nSPS) is 11.8. The maximum Gasteiger partial charge on any atom is 0.251 e. The third-order valence-corrected chi connectivity index (χ3v) is 6.05. The van der Waals surface area contributed by atoms with Gasteiger partial charge in [-0.1, -0.05) is 0 Å².